The molecular weight excluding hydrogens is 433 g/mol. The third-order valence-corrected chi connectivity index (χ3v) is 6.18. The van der Waals surface area contributed by atoms with Gasteiger partial charge in [-0.05, 0) is 46.3 Å². The summed E-state index contributed by atoms with van der Waals surface area (Å²) in [4.78, 5) is 11.0. The van der Waals surface area contributed by atoms with Gasteiger partial charge >= 0.3 is 6.18 Å². The van der Waals surface area contributed by atoms with Crippen molar-refractivity contribution < 1.29 is 26.4 Å². The molecule has 2 rings (SSSR count). The number of carbonyl (C=O) groups is 1. The monoisotopic (exact) mass is 442 g/mol. The van der Waals surface area contributed by atoms with Gasteiger partial charge in [0.2, 0.25) is 5.91 Å². The van der Waals surface area contributed by atoms with Gasteiger partial charge in [-0.1, -0.05) is 0 Å². The smallest absolute Gasteiger partial charge is 0.326 e. The fourth-order valence-electron chi connectivity index (χ4n) is 1.79. The van der Waals surface area contributed by atoms with E-state index in [-0.39, 0.29) is 9.90 Å². The quantitative estimate of drug-likeness (QED) is 0.741. The molecule has 0 unspecified atom stereocenters. The van der Waals surface area contributed by atoms with Crippen molar-refractivity contribution in [2.45, 2.75) is 17.3 Å². The van der Waals surface area contributed by atoms with E-state index in [1.54, 1.807) is 0 Å². The average Bonchev–Trinajstić information content (AvgIpc) is 2.86. The number of hydrogen-bond donors (Lipinski definition) is 2. The van der Waals surface area contributed by atoms with Crippen LogP contribution >= 0.6 is 27.3 Å². The van der Waals surface area contributed by atoms with E-state index in [1.807, 2.05) is 4.72 Å². The molecule has 2 aromatic rings. The standard InChI is InChI=1S/C13H10BrF3N2O3S2/c1-7(20)18-8-2-3-10(9(6-8)13(15,16)17)19-24(21,22)12-5-4-11(14)23-12/h2-6,19H,1H3,(H,18,20). The highest BCUT2D eigenvalue weighted by Crippen LogP contribution is 2.38. The summed E-state index contributed by atoms with van der Waals surface area (Å²) in [7, 11) is -4.16. The first-order chi connectivity index (χ1) is 11.0. The predicted octanol–water partition coefficient (Wildman–Crippen LogP) is 4.29. The molecule has 0 aliphatic heterocycles. The molecule has 0 bridgehead atoms. The van der Waals surface area contributed by atoms with E-state index in [1.165, 1.54) is 18.2 Å². The molecule has 0 fully saturated rings. The molecule has 2 N–H and O–H groups in total. The summed E-state index contributed by atoms with van der Waals surface area (Å²) in [5.41, 5.74) is -1.91. The molecule has 1 heterocycles. The Morgan fingerprint density at radius 1 is 1.21 bits per heavy atom. The lowest BCUT2D eigenvalue weighted by atomic mass is 10.1. The zero-order valence-corrected chi connectivity index (χ0v) is 15.2. The Hall–Kier alpha value is -1.59. The van der Waals surface area contributed by atoms with Crippen LogP contribution in [-0.2, 0) is 21.0 Å². The minimum Gasteiger partial charge on any atom is -0.326 e. The molecule has 130 valence electrons. The summed E-state index contributed by atoms with van der Waals surface area (Å²) < 4.78 is 66.3. The number of hydrogen-bond acceptors (Lipinski definition) is 4. The molecule has 0 saturated carbocycles. The number of rotatable bonds is 4. The summed E-state index contributed by atoms with van der Waals surface area (Å²) in [5.74, 6) is -0.542. The van der Waals surface area contributed by atoms with E-state index in [4.69, 9.17) is 0 Å². The van der Waals surface area contributed by atoms with Crippen LogP contribution in [0.3, 0.4) is 0 Å². The summed E-state index contributed by atoms with van der Waals surface area (Å²) in [6.45, 7) is 1.15. The number of halogens is 4. The fraction of sp³-hybridized carbons (Fsp3) is 0.154. The van der Waals surface area contributed by atoms with Crippen molar-refractivity contribution in [2.24, 2.45) is 0 Å². The molecule has 1 aromatic heterocycles. The Kier molecular flexibility index (Phi) is 5.25. The van der Waals surface area contributed by atoms with E-state index < -0.39 is 33.4 Å². The van der Waals surface area contributed by atoms with Crippen LogP contribution in [-0.4, -0.2) is 14.3 Å². The van der Waals surface area contributed by atoms with Gasteiger partial charge in [-0.15, -0.1) is 11.3 Å². The molecule has 1 amide bonds. The molecule has 0 aliphatic rings. The van der Waals surface area contributed by atoms with Crippen molar-refractivity contribution >= 4 is 54.6 Å². The van der Waals surface area contributed by atoms with Crippen molar-refractivity contribution in [3.63, 3.8) is 0 Å². The van der Waals surface area contributed by atoms with Crippen LogP contribution < -0.4 is 10.0 Å². The lowest BCUT2D eigenvalue weighted by Crippen LogP contribution is -2.17. The minimum absolute atomic E-state index is 0.0864. The van der Waals surface area contributed by atoms with Gasteiger partial charge in [-0.25, -0.2) is 8.42 Å². The molecule has 24 heavy (non-hydrogen) atoms. The molecule has 0 atom stereocenters. The number of benzene rings is 1. The number of anilines is 2. The molecule has 5 nitrogen and oxygen atoms in total. The highest BCUT2D eigenvalue weighted by Gasteiger charge is 2.35. The Morgan fingerprint density at radius 2 is 1.88 bits per heavy atom. The van der Waals surface area contributed by atoms with Crippen LogP contribution in [0.1, 0.15) is 12.5 Å². The number of alkyl halides is 3. The van der Waals surface area contributed by atoms with Crippen LogP contribution in [0.15, 0.2) is 38.3 Å². The second-order valence-electron chi connectivity index (χ2n) is 4.60. The van der Waals surface area contributed by atoms with Crippen molar-refractivity contribution in [2.75, 3.05) is 10.0 Å². The van der Waals surface area contributed by atoms with Crippen LogP contribution in [0.4, 0.5) is 24.5 Å². The first kappa shape index (κ1) is 18.7. The lowest BCUT2D eigenvalue weighted by Gasteiger charge is -2.16. The number of thiophene rings is 1. The maximum Gasteiger partial charge on any atom is 0.418 e. The van der Waals surface area contributed by atoms with Crippen LogP contribution in [0, 0.1) is 0 Å². The molecule has 1 aromatic carbocycles. The van der Waals surface area contributed by atoms with Gasteiger partial charge in [0.05, 0.1) is 15.0 Å². The lowest BCUT2D eigenvalue weighted by molar-refractivity contribution is -0.136. The van der Waals surface area contributed by atoms with E-state index in [2.05, 4.69) is 21.2 Å². The van der Waals surface area contributed by atoms with E-state index in [0.29, 0.717) is 9.85 Å². The van der Waals surface area contributed by atoms with Crippen molar-refractivity contribution in [1.29, 1.82) is 0 Å². The Bertz CT molecular complexity index is 879. The van der Waals surface area contributed by atoms with Gasteiger partial charge in [-0.3, -0.25) is 9.52 Å². The number of carbonyl (C=O) groups excluding carboxylic acids is 1. The fourth-order valence-corrected chi connectivity index (χ4v) is 4.88. The van der Waals surface area contributed by atoms with Crippen LogP contribution in [0.2, 0.25) is 0 Å². The largest absolute Gasteiger partial charge is 0.418 e. The Balaban J connectivity index is 2.44. The van der Waals surface area contributed by atoms with E-state index >= 15 is 0 Å². The van der Waals surface area contributed by atoms with Crippen molar-refractivity contribution in [3.8, 4) is 0 Å². The zero-order valence-electron chi connectivity index (χ0n) is 11.9. The maximum atomic E-state index is 13.2. The SMILES string of the molecule is CC(=O)Nc1ccc(NS(=O)(=O)c2ccc(Br)s2)c(C(F)(F)F)c1. The molecular formula is C13H10BrF3N2O3S2. The second kappa shape index (κ2) is 6.73. The van der Waals surface area contributed by atoms with Gasteiger partial charge in [0.15, 0.2) is 0 Å². The second-order valence-corrected chi connectivity index (χ2v) is 8.98. The minimum atomic E-state index is -4.80. The number of sulfonamides is 1. The average molecular weight is 443 g/mol. The maximum absolute atomic E-state index is 13.2. The van der Waals surface area contributed by atoms with Gasteiger partial charge in [0, 0.05) is 12.6 Å². The summed E-state index contributed by atoms with van der Waals surface area (Å²) in [6, 6.07) is 5.55. The van der Waals surface area contributed by atoms with Gasteiger partial charge < -0.3 is 5.32 Å². The summed E-state index contributed by atoms with van der Waals surface area (Å²) in [5, 5.41) is 2.22. The summed E-state index contributed by atoms with van der Waals surface area (Å²) in [6.07, 6.45) is -4.80. The molecule has 11 heteroatoms. The molecule has 0 aliphatic carbocycles. The topological polar surface area (TPSA) is 75.3 Å². The van der Waals surface area contributed by atoms with Crippen LogP contribution in [0.5, 0.6) is 0 Å². The van der Waals surface area contributed by atoms with Crippen molar-refractivity contribution in [3.05, 3.63) is 39.7 Å². The molecule has 0 radical (unpaired) electrons. The highest BCUT2D eigenvalue weighted by atomic mass is 79.9. The number of amides is 1. The Morgan fingerprint density at radius 3 is 2.38 bits per heavy atom. The normalized spacial score (nSPS) is 12.0. The van der Waals surface area contributed by atoms with Gasteiger partial charge in [0.1, 0.15) is 4.21 Å². The zero-order chi connectivity index (χ0) is 18.1. The third-order valence-electron chi connectivity index (χ3n) is 2.70. The predicted molar refractivity (Wildman–Crippen MR) is 88.6 cm³/mol. The first-order valence-corrected chi connectivity index (χ1v) is 9.35. The van der Waals surface area contributed by atoms with E-state index in [0.717, 1.165) is 24.3 Å². The molecule has 0 spiro atoms. The first-order valence-electron chi connectivity index (χ1n) is 6.26. The third kappa shape index (κ3) is 4.48. The van der Waals surface area contributed by atoms with Crippen LogP contribution in [0.25, 0.3) is 0 Å². The van der Waals surface area contributed by atoms with E-state index in [9.17, 15) is 26.4 Å². The summed E-state index contributed by atoms with van der Waals surface area (Å²) >= 11 is 3.96. The number of nitrogens with one attached hydrogen (secondary N) is 2. The molecule has 0 saturated heterocycles. The Labute approximate surface area is 148 Å². The van der Waals surface area contributed by atoms with Gasteiger partial charge in [0.25, 0.3) is 10.0 Å². The highest BCUT2D eigenvalue weighted by molar-refractivity contribution is 9.11. The van der Waals surface area contributed by atoms with Gasteiger partial charge in [-0.2, -0.15) is 13.2 Å². The van der Waals surface area contributed by atoms with Crippen molar-refractivity contribution in [1.82, 2.24) is 0 Å².